The standard InChI is InChI=1S/C12H7Cl2FN2O2/c13-6-3-4-7(14)10(15)9(6)12(19)17-5-1-2-8(17)11(16)18/h1-5H,(H2,16,18). The molecule has 1 heterocycles. The van der Waals surface area contributed by atoms with Crippen molar-refractivity contribution in [3.63, 3.8) is 0 Å². The Hall–Kier alpha value is -1.85. The van der Waals surface area contributed by atoms with Gasteiger partial charge in [0.1, 0.15) is 5.69 Å². The zero-order valence-corrected chi connectivity index (χ0v) is 10.9. The number of carbonyl (C=O) groups excluding carboxylic acids is 2. The van der Waals surface area contributed by atoms with E-state index in [1.165, 1.54) is 30.5 Å². The minimum Gasteiger partial charge on any atom is -0.364 e. The summed E-state index contributed by atoms with van der Waals surface area (Å²) in [4.78, 5) is 23.4. The Labute approximate surface area is 117 Å². The van der Waals surface area contributed by atoms with Crippen molar-refractivity contribution < 1.29 is 14.0 Å². The van der Waals surface area contributed by atoms with Crippen LogP contribution in [0.4, 0.5) is 4.39 Å². The van der Waals surface area contributed by atoms with E-state index >= 15 is 0 Å². The molecular weight excluding hydrogens is 294 g/mol. The van der Waals surface area contributed by atoms with Gasteiger partial charge in [0.2, 0.25) is 0 Å². The Morgan fingerprint density at radius 1 is 1.16 bits per heavy atom. The largest absolute Gasteiger partial charge is 0.364 e. The molecule has 1 aromatic carbocycles. The summed E-state index contributed by atoms with van der Waals surface area (Å²) in [6.45, 7) is 0. The lowest BCUT2D eigenvalue weighted by atomic mass is 10.2. The number of nitrogens with zero attached hydrogens (tertiary/aromatic N) is 1. The number of hydrogen-bond donors (Lipinski definition) is 1. The molecule has 1 aromatic heterocycles. The van der Waals surface area contributed by atoms with Crippen molar-refractivity contribution in [1.29, 1.82) is 0 Å². The maximum Gasteiger partial charge on any atom is 0.267 e. The van der Waals surface area contributed by atoms with Gasteiger partial charge in [-0.1, -0.05) is 23.2 Å². The van der Waals surface area contributed by atoms with Crippen LogP contribution in [0.3, 0.4) is 0 Å². The third kappa shape index (κ3) is 2.34. The molecule has 0 unspecified atom stereocenters. The van der Waals surface area contributed by atoms with E-state index in [9.17, 15) is 14.0 Å². The summed E-state index contributed by atoms with van der Waals surface area (Å²) in [7, 11) is 0. The first-order valence-electron chi connectivity index (χ1n) is 5.09. The van der Waals surface area contributed by atoms with Gasteiger partial charge in [0.15, 0.2) is 5.82 Å². The second-order valence-electron chi connectivity index (χ2n) is 3.65. The summed E-state index contributed by atoms with van der Waals surface area (Å²) in [6, 6.07) is 5.32. The molecule has 19 heavy (non-hydrogen) atoms. The summed E-state index contributed by atoms with van der Waals surface area (Å²) in [5.74, 6) is -2.57. The first kappa shape index (κ1) is 13.6. The normalized spacial score (nSPS) is 10.5. The van der Waals surface area contributed by atoms with Crippen LogP contribution in [0.1, 0.15) is 20.8 Å². The predicted octanol–water partition coefficient (Wildman–Crippen LogP) is 2.72. The number of hydrogen-bond acceptors (Lipinski definition) is 2. The highest BCUT2D eigenvalue weighted by molar-refractivity contribution is 6.36. The van der Waals surface area contributed by atoms with Crippen molar-refractivity contribution in [2.45, 2.75) is 0 Å². The van der Waals surface area contributed by atoms with Gasteiger partial charge >= 0.3 is 0 Å². The number of rotatable bonds is 2. The van der Waals surface area contributed by atoms with Crippen LogP contribution in [-0.2, 0) is 0 Å². The van der Waals surface area contributed by atoms with E-state index in [2.05, 4.69) is 0 Å². The number of carbonyl (C=O) groups is 2. The van der Waals surface area contributed by atoms with Crippen LogP contribution >= 0.6 is 23.2 Å². The van der Waals surface area contributed by atoms with E-state index in [0.717, 1.165) is 4.57 Å². The minimum atomic E-state index is -0.941. The van der Waals surface area contributed by atoms with Crippen molar-refractivity contribution in [2.24, 2.45) is 5.73 Å². The van der Waals surface area contributed by atoms with Crippen LogP contribution in [0.2, 0.25) is 10.0 Å². The minimum absolute atomic E-state index is 0.0690. The van der Waals surface area contributed by atoms with E-state index in [1.807, 2.05) is 0 Å². The predicted molar refractivity (Wildman–Crippen MR) is 69.1 cm³/mol. The highest BCUT2D eigenvalue weighted by Crippen LogP contribution is 2.26. The monoisotopic (exact) mass is 300 g/mol. The molecular formula is C12H7Cl2FN2O2. The van der Waals surface area contributed by atoms with Gasteiger partial charge < -0.3 is 5.73 Å². The Morgan fingerprint density at radius 3 is 2.42 bits per heavy atom. The number of nitrogens with two attached hydrogens (primary N) is 1. The van der Waals surface area contributed by atoms with Crippen molar-refractivity contribution in [3.8, 4) is 0 Å². The highest BCUT2D eigenvalue weighted by Gasteiger charge is 2.22. The fourth-order valence-corrected chi connectivity index (χ4v) is 1.99. The van der Waals surface area contributed by atoms with Gasteiger partial charge in [-0.2, -0.15) is 0 Å². The number of aromatic nitrogens is 1. The molecule has 0 spiro atoms. The van der Waals surface area contributed by atoms with E-state index in [-0.39, 0.29) is 15.7 Å². The Morgan fingerprint density at radius 2 is 1.79 bits per heavy atom. The zero-order chi connectivity index (χ0) is 14.2. The third-order valence-corrected chi connectivity index (χ3v) is 3.08. The van der Waals surface area contributed by atoms with Crippen molar-refractivity contribution in [1.82, 2.24) is 4.57 Å². The summed E-state index contributed by atoms with van der Waals surface area (Å²) in [5, 5.41) is -0.337. The summed E-state index contributed by atoms with van der Waals surface area (Å²) < 4.78 is 14.8. The fourth-order valence-electron chi connectivity index (χ4n) is 1.60. The maximum absolute atomic E-state index is 13.9. The summed E-state index contributed by atoms with van der Waals surface area (Å²) in [5.41, 5.74) is 4.64. The third-order valence-electron chi connectivity index (χ3n) is 2.48. The number of benzene rings is 1. The van der Waals surface area contributed by atoms with Gasteiger partial charge in [-0.25, -0.2) is 4.39 Å². The molecule has 0 fully saturated rings. The van der Waals surface area contributed by atoms with Gasteiger partial charge in [0.05, 0.1) is 15.6 Å². The second-order valence-corrected chi connectivity index (χ2v) is 4.47. The second kappa shape index (κ2) is 5.03. The van der Waals surface area contributed by atoms with Crippen LogP contribution in [0.25, 0.3) is 0 Å². The van der Waals surface area contributed by atoms with Gasteiger partial charge in [-0.05, 0) is 24.3 Å². The molecule has 2 aromatic rings. The summed E-state index contributed by atoms with van der Waals surface area (Å²) >= 11 is 11.4. The molecule has 2 rings (SSSR count). The van der Waals surface area contributed by atoms with E-state index < -0.39 is 23.2 Å². The average Bonchev–Trinajstić information content (AvgIpc) is 2.83. The van der Waals surface area contributed by atoms with Crippen LogP contribution < -0.4 is 5.73 Å². The van der Waals surface area contributed by atoms with Crippen molar-refractivity contribution in [3.05, 3.63) is 57.6 Å². The molecule has 4 nitrogen and oxygen atoms in total. The van der Waals surface area contributed by atoms with Gasteiger partial charge in [-0.15, -0.1) is 0 Å². The number of halogens is 3. The van der Waals surface area contributed by atoms with E-state index in [1.54, 1.807) is 0 Å². The van der Waals surface area contributed by atoms with Crippen LogP contribution in [0.5, 0.6) is 0 Å². The molecule has 1 amide bonds. The number of primary amides is 1. The molecule has 0 bridgehead atoms. The van der Waals surface area contributed by atoms with Crippen LogP contribution in [0.15, 0.2) is 30.5 Å². The van der Waals surface area contributed by atoms with E-state index in [0.29, 0.717) is 0 Å². The Kier molecular flexibility index (Phi) is 3.59. The first-order valence-corrected chi connectivity index (χ1v) is 5.84. The first-order chi connectivity index (χ1) is 8.93. The van der Waals surface area contributed by atoms with E-state index in [4.69, 9.17) is 28.9 Å². The molecule has 0 aliphatic rings. The average molecular weight is 301 g/mol. The summed E-state index contributed by atoms with van der Waals surface area (Å²) in [6.07, 6.45) is 1.29. The van der Waals surface area contributed by atoms with Crippen LogP contribution in [0, 0.1) is 5.82 Å². The molecule has 0 aliphatic heterocycles. The SMILES string of the molecule is NC(=O)c1cccn1C(=O)c1c(Cl)ccc(Cl)c1F. The van der Waals surface area contributed by atoms with Crippen molar-refractivity contribution in [2.75, 3.05) is 0 Å². The lowest BCUT2D eigenvalue weighted by molar-refractivity contribution is 0.0920. The molecule has 0 aliphatic carbocycles. The lowest BCUT2D eigenvalue weighted by Crippen LogP contribution is -2.22. The maximum atomic E-state index is 13.9. The molecule has 2 N–H and O–H groups in total. The molecule has 0 atom stereocenters. The van der Waals surface area contributed by atoms with Gasteiger partial charge in [0.25, 0.3) is 11.8 Å². The molecule has 7 heteroatoms. The quantitative estimate of drug-likeness (QED) is 0.867. The zero-order valence-electron chi connectivity index (χ0n) is 9.36. The molecule has 98 valence electrons. The molecule has 0 saturated carbocycles. The molecule has 0 radical (unpaired) electrons. The topological polar surface area (TPSA) is 65.1 Å². The number of amides is 1. The smallest absolute Gasteiger partial charge is 0.267 e. The van der Waals surface area contributed by atoms with Crippen molar-refractivity contribution >= 4 is 35.0 Å². The Bertz CT molecular complexity index is 682. The fraction of sp³-hybridized carbons (Fsp3) is 0. The molecule has 0 saturated heterocycles. The lowest BCUT2D eigenvalue weighted by Gasteiger charge is -2.09. The Balaban J connectivity index is 2.60. The highest BCUT2D eigenvalue weighted by atomic mass is 35.5. The van der Waals surface area contributed by atoms with Crippen LogP contribution in [-0.4, -0.2) is 16.4 Å². The van der Waals surface area contributed by atoms with Gasteiger partial charge in [0, 0.05) is 6.20 Å². The van der Waals surface area contributed by atoms with Gasteiger partial charge in [-0.3, -0.25) is 14.2 Å².